The first-order chi connectivity index (χ1) is 9.01. The van der Waals surface area contributed by atoms with E-state index in [1.165, 1.54) is 0 Å². The van der Waals surface area contributed by atoms with Gasteiger partial charge in [0.2, 0.25) is 5.91 Å². The van der Waals surface area contributed by atoms with Crippen LogP contribution < -0.4 is 5.73 Å². The van der Waals surface area contributed by atoms with E-state index in [4.69, 9.17) is 10.9 Å². The minimum atomic E-state index is -1.01. The van der Waals surface area contributed by atoms with Crippen molar-refractivity contribution < 1.29 is 15.1 Å². The maximum absolute atomic E-state index is 12.7. The first-order valence-electron chi connectivity index (χ1n) is 6.91. The van der Waals surface area contributed by atoms with E-state index in [1.54, 1.807) is 11.8 Å². The molecule has 1 aliphatic carbocycles. The third-order valence-corrected chi connectivity index (χ3v) is 4.22. The van der Waals surface area contributed by atoms with Crippen molar-refractivity contribution in [1.29, 1.82) is 0 Å². The van der Waals surface area contributed by atoms with Crippen molar-refractivity contribution in [3.63, 3.8) is 0 Å². The van der Waals surface area contributed by atoms with Crippen molar-refractivity contribution in [1.82, 2.24) is 4.90 Å². The number of nitrogens with two attached hydrogens (primary N) is 1. The van der Waals surface area contributed by atoms with E-state index < -0.39 is 5.41 Å². The van der Waals surface area contributed by atoms with Gasteiger partial charge in [-0.3, -0.25) is 4.79 Å². The highest BCUT2D eigenvalue weighted by atomic mass is 16.4. The second-order valence-electron chi connectivity index (χ2n) is 5.33. The summed E-state index contributed by atoms with van der Waals surface area (Å²) in [6.45, 7) is 3.75. The molecule has 0 aromatic rings. The summed E-state index contributed by atoms with van der Waals surface area (Å²) in [7, 11) is 0. The maximum atomic E-state index is 12.7. The predicted molar refractivity (Wildman–Crippen MR) is 72.9 cm³/mol. The summed E-state index contributed by atoms with van der Waals surface area (Å²) in [5, 5.41) is 21.1. The zero-order valence-electron chi connectivity index (χ0n) is 11.8. The van der Waals surface area contributed by atoms with Crippen molar-refractivity contribution in [2.45, 2.75) is 52.0 Å². The fraction of sp³-hybridized carbons (Fsp3) is 0.846. The molecule has 0 radical (unpaired) electrons. The quantitative estimate of drug-likeness (QED) is 0.289. The Morgan fingerprint density at radius 2 is 2.05 bits per heavy atom. The van der Waals surface area contributed by atoms with E-state index in [0.29, 0.717) is 13.0 Å². The van der Waals surface area contributed by atoms with E-state index in [1.807, 2.05) is 6.92 Å². The highest BCUT2D eigenvalue weighted by Crippen LogP contribution is 2.30. The first-order valence-corrected chi connectivity index (χ1v) is 6.91. The van der Waals surface area contributed by atoms with Gasteiger partial charge in [0.1, 0.15) is 5.41 Å². The van der Waals surface area contributed by atoms with Gasteiger partial charge in [-0.25, -0.2) is 0 Å². The Kier molecular flexibility index (Phi) is 5.60. The molecule has 4 N–H and O–H groups in total. The fourth-order valence-electron chi connectivity index (χ4n) is 2.64. The Bertz CT molecular complexity index is 340. The van der Waals surface area contributed by atoms with Crippen molar-refractivity contribution >= 4 is 11.7 Å². The Morgan fingerprint density at radius 1 is 1.47 bits per heavy atom. The molecule has 6 heteroatoms. The van der Waals surface area contributed by atoms with Gasteiger partial charge in [0, 0.05) is 12.6 Å². The van der Waals surface area contributed by atoms with Crippen LogP contribution in [0.2, 0.25) is 0 Å². The lowest BCUT2D eigenvalue weighted by Gasteiger charge is -2.36. The Balaban J connectivity index is 2.96. The van der Waals surface area contributed by atoms with Gasteiger partial charge in [-0.2, -0.15) is 0 Å². The molecule has 1 aliphatic rings. The highest BCUT2D eigenvalue weighted by Gasteiger charge is 2.41. The molecular weight excluding hydrogens is 246 g/mol. The average Bonchev–Trinajstić information content (AvgIpc) is 2.95. The summed E-state index contributed by atoms with van der Waals surface area (Å²) in [6.07, 6.45) is 4.58. The van der Waals surface area contributed by atoms with Crippen LogP contribution in [0, 0.1) is 5.41 Å². The van der Waals surface area contributed by atoms with Gasteiger partial charge in [-0.15, -0.1) is 0 Å². The molecule has 19 heavy (non-hydrogen) atoms. The molecular formula is C13H25N3O3. The molecule has 110 valence electrons. The van der Waals surface area contributed by atoms with Crippen LogP contribution in [-0.2, 0) is 4.79 Å². The topological polar surface area (TPSA) is 99.2 Å². The fourth-order valence-corrected chi connectivity index (χ4v) is 2.64. The van der Waals surface area contributed by atoms with Gasteiger partial charge >= 0.3 is 0 Å². The number of aliphatic hydroxyl groups excluding tert-OH is 1. The predicted octanol–water partition coefficient (Wildman–Crippen LogP) is 0.913. The Labute approximate surface area is 114 Å². The maximum Gasteiger partial charge on any atom is 0.236 e. The average molecular weight is 271 g/mol. The molecule has 0 saturated heterocycles. The largest absolute Gasteiger partial charge is 0.409 e. The second kappa shape index (κ2) is 6.75. The third-order valence-electron chi connectivity index (χ3n) is 4.22. The Hall–Kier alpha value is -1.30. The van der Waals surface area contributed by atoms with E-state index in [-0.39, 0.29) is 24.4 Å². The van der Waals surface area contributed by atoms with Crippen LogP contribution in [0.4, 0.5) is 0 Å². The smallest absolute Gasteiger partial charge is 0.236 e. The number of oxime groups is 1. The van der Waals surface area contributed by atoms with E-state index in [2.05, 4.69) is 5.16 Å². The molecule has 1 rings (SSSR count). The minimum absolute atomic E-state index is 0.0686. The molecule has 0 aliphatic heterocycles. The molecule has 1 saturated carbocycles. The molecule has 0 aromatic carbocycles. The number of nitrogens with zero attached hydrogens (tertiary/aromatic N) is 2. The van der Waals surface area contributed by atoms with E-state index >= 15 is 0 Å². The van der Waals surface area contributed by atoms with Crippen LogP contribution in [0.5, 0.6) is 0 Å². The van der Waals surface area contributed by atoms with Gasteiger partial charge < -0.3 is 20.9 Å². The number of hydrogen-bond donors (Lipinski definition) is 3. The summed E-state index contributed by atoms with van der Waals surface area (Å²) in [4.78, 5) is 14.4. The monoisotopic (exact) mass is 271 g/mol. The van der Waals surface area contributed by atoms with Crippen molar-refractivity contribution in [3.05, 3.63) is 0 Å². The standard InChI is InChI=1S/C13H25N3O3/c1-3-13(2,11(14)15-19)12(18)16(8-9-17)10-6-4-5-7-10/h10,17,19H,3-9H2,1-2H3,(H2,14,15). The summed E-state index contributed by atoms with van der Waals surface area (Å²) in [5.74, 6) is -0.229. The SMILES string of the molecule is CCC(C)(C(=O)N(CCO)C1CCCC1)C(N)=NO. The second-order valence-corrected chi connectivity index (χ2v) is 5.33. The summed E-state index contributed by atoms with van der Waals surface area (Å²) < 4.78 is 0. The van der Waals surface area contributed by atoms with Crippen molar-refractivity contribution in [3.8, 4) is 0 Å². The number of rotatable bonds is 6. The number of amides is 1. The highest BCUT2D eigenvalue weighted by molar-refractivity contribution is 6.06. The van der Waals surface area contributed by atoms with Crippen LogP contribution in [0.1, 0.15) is 46.0 Å². The van der Waals surface area contributed by atoms with E-state index in [9.17, 15) is 9.90 Å². The molecule has 1 unspecified atom stereocenters. The Morgan fingerprint density at radius 3 is 2.47 bits per heavy atom. The lowest BCUT2D eigenvalue weighted by atomic mass is 9.84. The van der Waals surface area contributed by atoms with Gasteiger partial charge in [0.15, 0.2) is 5.84 Å². The van der Waals surface area contributed by atoms with Crippen LogP contribution in [0.25, 0.3) is 0 Å². The normalized spacial score (nSPS) is 20.3. The molecule has 1 amide bonds. The summed E-state index contributed by atoms with van der Waals surface area (Å²) in [5.41, 5.74) is 4.68. The van der Waals surface area contributed by atoms with Crippen LogP contribution in [0.3, 0.4) is 0 Å². The van der Waals surface area contributed by atoms with Gasteiger partial charge in [-0.1, -0.05) is 24.9 Å². The molecule has 0 aromatic heterocycles. The third kappa shape index (κ3) is 3.18. The lowest BCUT2D eigenvalue weighted by Crippen LogP contribution is -2.53. The molecule has 1 atom stereocenters. The molecule has 6 nitrogen and oxygen atoms in total. The minimum Gasteiger partial charge on any atom is -0.409 e. The number of carbonyl (C=O) groups excluding carboxylic acids is 1. The summed E-state index contributed by atoms with van der Waals surface area (Å²) >= 11 is 0. The number of carbonyl (C=O) groups is 1. The van der Waals surface area contributed by atoms with Crippen molar-refractivity contribution in [2.24, 2.45) is 16.3 Å². The lowest BCUT2D eigenvalue weighted by molar-refractivity contribution is -0.140. The van der Waals surface area contributed by atoms with Gasteiger partial charge in [-0.05, 0) is 26.2 Å². The van der Waals surface area contributed by atoms with Crippen LogP contribution >= 0.6 is 0 Å². The molecule has 1 fully saturated rings. The number of hydrogen-bond acceptors (Lipinski definition) is 4. The zero-order chi connectivity index (χ0) is 14.5. The molecule has 0 heterocycles. The number of aliphatic hydroxyl groups is 1. The van der Waals surface area contributed by atoms with Gasteiger partial charge in [0.05, 0.1) is 6.61 Å². The van der Waals surface area contributed by atoms with Crippen LogP contribution in [-0.4, -0.2) is 46.1 Å². The molecule has 0 spiro atoms. The van der Waals surface area contributed by atoms with Crippen LogP contribution in [0.15, 0.2) is 5.16 Å². The van der Waals surface area contributed by atoms with E-state index in [0.717, 1.165) is 25.7 Å². The molecule has 0 bridgehead atoms. The number of amidine groups is 1. The first kappa shape index (κ1) is 15.8. The van der Waals surface area contributed by atoms with Crippen molar-refractivity contribution in [2.75, 3.05) is 13.2 Å². The van der Waals surface area contributed by atoms with Gasteiger partial charge in [0.25, 0.3) is 0 Å². The zero-order valence-corrected chi connectivity index (χ0v) is 11.8. The summed E-state index contributed by atoms with van der Waals surface area (Å²) in [6, 6.07) is 0.164.